The lowest BCUT2D eigenvalue weighted by Crippen LogP contribution is -2.28. The summed E-state index contributed by atoms with van der Waals surface area (Å²) in [5.41, 5.74) is 1.16. The molecule has 1 fully saturated rings. The van der Waals surface area contributed by atoms with Crippen LogP contribution >= 0.6 is 15.9 Å². The van der Waals surface area contributed by atoms with E-state index in [1.54, 1.807) is 0 Å². The van der Waals surface area contributed by atoms with Crippen molar-refractivity contribution in [3.8, 4) is 5.75 Å². The molecule has 1 aliphatic rings. The van der Waals surface area contributed by atoms with Crippen molar-refractivity contribution in [1.29, 1.82) is 0 Å². The molecule has 3 nitrogen and oxygen atoms in total. The Kier molecular flexibility index (Phi) is 6.94. The van der Waals surface area contributed by atoms with Gasteiger partial charge in [0.15, 0.2) is 0 Å². The van der Waals surface area contributed by atoms with E-state index in [4.69, 9.17) is 9.47 Å². The Morgan fingerprint density at radius 3 is 2.65 bits per heavy atom. The number of rotatable bonds is 6. The van der Waals surface area contributed by atoms with Crippen LogP contribution in [0.2, 0.25) is 0 Å². The molecule has 1 aliphatic carbocycles. The molecule has 1 unspecified atom stereocenters. The van der Waals surface area contributed by atoms with Gasteiger partial charge in [0, 0.05) is 16.5 Å². The van der Waals surface area contributed by atoms with E-state index in [0.717, 1.165) is 41.5 Å². The molecule has 1 atom stereocenters. The largest absolute Gasteiger partial charge is 0.490 e. The zero-order valence-electron chi connectivity index (χ0n) is 14.3. The fourth-order valence-corrected chi connectivity index (χ4v) is 3.67. The van der Waals surface area contributed by atoms with Crippen LogP contribution in [0.15, 0.2) is 22.7 Å². The second-order valence-electron chi connectivity index (χ2n) is 6.50. The van der Waals surface area contributed by atoms with Gasteiger partial charge in [0.25, 0.3) is 0 Å². The van der Waals surface area contributed by atoms with E-state index in [0.29, 0.717) is 24.9 Å². The molecule has 23 heavy (non-hydrogen) atoms. The normalized spacial score (nSPS) is 22.4. The topological polar surface area (TPSA) is 35.5 Å². The van der Waals surface area contributed by atoms with Crippen molar-refractivity contribution in [2.75, 3.05) is 6.61 Å². The highest BCUT2D eigenvalue weighted by Crippen LogP contribution is 2.35. The number of esters is 1. The second-order valence-corrected chi connectivity index (χ2v) is 7.36. The first-order valence-corrected chi connectivity index (χ1v) is 9.38. The number of halogens is 1. The van der Waals surface area contributed by atoms with Crippen molar-refractivity contribution < 1.29 is 14.3 Å². The summed E-state index contributed by atoms with van der Waals surface area (Å²) in [5, 5.41) is 0. The molecule has 128 valence electrons. The minimum Gasteiger partial charge on any atom is -0.490 e. The van der Waals surface area contributed by atoms with Gasteiger partial charge in [-0.1, -0.05) is 28.9 Å². The van der Waals surface area contributed by atoms with Crippen LogP contribution in [-0.4, -0.2) is 18.7 Å². The standard InChI is InChI=1S/C19H27BrO3/c1-4-22-19(21)12-13(2)15-8-10-16(11-9-15)23-18-7-5-6-17(20)14(18)3/h5-7,13,15-16H,4,8-12H2,1-3H3. The van der Waals surface area contributed by atoms with Crippen LogP contribution in [0.4, 0.5) is 0 Å². The maximum Gasteiger partial charge on any atom is 0.306 e. The van der Waals surface area contributed by atoms with Crippen molar-refractivity contribution in [1.82, 2.24) is 0 Å². The Balaban J connectivity index is 1.81. The molecule has 0 heterocycles. The average molecular weight is 383 g/mol. The van der Waals surface area contributed by atoms with E-state index >= 15 is 0 Å². The molecule has 0 radical (unpaired) electrons. The molecule has 0 aliphatic heterocycles. The van der Waals surface area contributed by atoms with Gasteiger partial charge in [-0.2, -0.15) is 0 Å². The van der Waals surface area contributed by atoms with Crippen LogP contribution in [-0.2, 0) is 9.53 Å². The van der Waals surface area contributed by atoms with E-state index in [9.17, 15) is 4.79 Å². The summed E-state index contributed by atoms with van der Waals surface area (Å²) in [4.78, 5) is 11.6. The maximum absolute atomic E-state index is 11.6. The highest BCUT2D eigenvalue weighted by atomic mass is 79.9. The molecule has 0 N–H and O–H groups in total. The van der Waals surface area contributed by atoms with Crippen LogP contribution < -0.4 is 4.74 Å². The average Bonchev–Trinajstić information content (AvgIpc) is 2.52. The monoisotopic (exact) mass is 382 g/mol. The number of carbonyl (C=O) groups is 1. The quantitative estimate of drug-likeness (QED) is 0.627. The lowest BCUT2D eigenvalue weighted by atomic mass is 9.78. The van der Waals surface area contributed by atoms with Gasteiger partial charge in [-0.25, -0.2) is 0 Å². The molecule has 1 aromatic carbocycles. The van der Waals surface area contributed by atoms with Crippen LogP contribution in [0, 0.1) is 18.8 Å². The van der Waals surface area contributed by atoms with Crippen LogP contribution in [0.5, 0.6) is 5.75 Å². The summed E-state index contributed by atoms with van der Waals surface area (Å²) in [6.07, 6.45) is 5.19. The van der Waals surface area contributed by atoms with Gasteiger partial charge in [-0.3, -0.25) is 4.79 Å². The Labute approximate surface area is 147 Å². The highest BCUT2D eigenvalue weighted by Gasteiger charge is 2.28. The molecule has 0 amide bonds. The fraction of sp³-hybridized carbons (Fsp3) is 0.632. The van der Waals surface area contributed by atoms with E-state index in [1.165, 1.54) is 0 Å². The Bertz CT molecular complexity index is 521. The van der Waals surface area contributed by atoms with Crippen molar-refractivity contribution >= 4 is 21.9 Å². The molecule has 0 bridgehead atoms. The first kappa shape index (κ1) is 18.3. The summed E-state index contributed by atoms with van der Waals surface area (Å²) in [6, 6.07) is 6.09. The highest BCUT2D eigenvalue weighted by molar-refractivity contribution is 9.10. The van der Waals surface area contributed by atoms with E-state index in [-0.39, 0.29) is 12.1 Å². The van der Waals surface area contributed by atoms with Gasteiger partial charge in [-0.15, -0.1) is 0 Å². The molecule has 4 heteroatoms. The third-order valence-electron chi connectivity index (χ3n) is 4.83. The number of carbonyl (C=O) groups excluding carboxylic acids is 1. The summed E-state index contributed by atoms with van der Waals surface area (Å²) >= 11 is 3.55. The number of hydrogen-bond donors (Lipinski definition) is 0. The predicted molar refractivity (Wildman–Crippen MR) is 95.7 cm³/mol. The maximum atomic E-state index is 11.6. The molecule has 0 spiro atoms. The lowest BCUT2D eigenvalue weighted by molar-refractivity contribution is -0.144. The summed E-state index contributed by atoms with van der Waals surface area (Å²) in [6.45, 7) is 6.57. The molecule has 1 aromatic rings. The van der Waals surface area contributed by atoms with Crippen molar-refractivity contribution in [2.24, 2.45) is 11.8 Å². The zero-order chi connectivity index (χ0) is 16.8. The zero-order valence-corrected chi connectivity index (χ0v) is 15.9. The third kappa shape index (κ3) is 5.23. The number of ether oxygens (including phenoxy) is 2. The minimum absolute atomic E-state index is 0.0665. The predicted octanol–water partition coefficient (Wildman–Crippen LogP) is 5.28. The molecular formula is C19H27BrO3. The Morgan fingerprint density at radius 2 is 2.00 bits per heavy atom. The smallest absolute Gasteiger partial charge is 0.306 e. The summed E-state index contributed by atoms with van der Waals surface area (Å²) in [7, 11) is 0. The van der Waals surface area contributed by atoms with Gasteiger partial charge < -0.3 is 9.47 Å². The Morgan fingerprint density at radius 1 is 1.30 bits per heavy atom. The second kappa shape index (κ2) is 8.72. The number of hydrogen-bond acceptors (Lipinski definition) is 3. The molecule has 1 saturated carbocycles. The van der Waals surface area contributed by atoms with Crippen molar-refractivity contribution in [3.63, 3.8) is 0 Å². The van der Waals surface area contributed by atoms with Crippen molar-refractivity contribution in [2.45, 2.75) is 59.0 Å². The fourth-order valence-electron chi connectivity index (χ4n) is 3.32. The van der Waals surface area contributed by atoms with Crippen molar-refractivity contribution in [3.05, 3.63) is 28.2 Å². The van der Waals surface area contributed by atoms with Crippen LogP contribution in [0.3, 0.4) is 0 Å². The third-order valence-corrected chi connectivity index (χ3v) is 5.69. The van der Waals surface area contributed by atoms with E-state index < -0.39 is 0 Å². The van der Waals surface area contributed by atoms with Gasteiger partial charge in [-0.05, 0) is 63.5 Å². The van der Waals surface area contributed by atoms with Gasteiger partial charge in [0.1, 0.15) is 5.75 Å². The van der Waals surface area contributed by atoms with E-state index in [2.05, 4.69) is 29.8 Å². The molecule has 0 saturated heterocycles. The summed E-state index contributed by atoms with van der Waals surface area (Å²) < 4.78 is 12.3. The lowest BCUT2D eigenvalue weighted by Gasteiger charge is -2.32. The van der Waals surface area contributed by atoms with Gasteiger partial charge >= 0.3 is 5.97 Å². The molecular weight excluding hydrogens is 356 g/mol. The first-order chi connectivity index (χ1) is 11.0. The number of benzene rings is 1. The van der Waals surface area contributed by atoms with Crippen LogP contribution in [0.1, 0.15) is 51.5 Å². The van der Waals surface area contributed by atoms with E-state index in [1.807, 2.05) is 25.1 Å². The van der Waals surface area contributed by atoms with Gasteiger partial charge in [0.2, 0.25) is 0 Å². The molecule has 2 rings (SSSR count). The summed E-state index contributed by atoms with van der Waals surface area (Å²) in [5.74, 6) is 1.90. The van der Waals surface area contributed by atoms with Crippen LogP contribution in [0.25, 0.3) is 0 Å². The first-order valence-electron chi connectivity index (χ1n) is 8.58. The molecule has 0 aromatic heterocycles. The Hall–Kier alpha value is -1.03. The van der Waals surface area contributed by atoms with Gasteiger partial charge in [0.05, 0.1) is 12.7 Å². The minimum atomic E-state index is -0.0665. The SMILES string of the molecule is CCOC(=O)CC(C)C1CCC(Oc2cccc(Br)c2C)CC1.